The van der Waals surface area contributed by atoms with Gasteiger partial charge in [0.1, 0.15) is 17.7 Å². The number of rotatable bonds is 6. The number of benzene rings is 2. The Balaban J connectivity index is 2.29. The number of hydrogen-bond donors (Lipinski definition) is 1. The molecule has 0 amide bonds. The lowest BCUT2D eigenvalue weighted by Crippen LogP contribution is -2.21. The maximum absolute atomic E-state index is 13.0. The van der Waals surface area contributed by atoms with E-state index >= 15 is 0 Å². The average Bonchev–Trinajstić information content (AvgIpc) is 2.50. The summed E-state index contributed by atoms with van der Waals surface area (Å²) >= 11 is 3.21. The van der Waals surface area contributed by atoms with E-state index in [0.29, 0.717) is 10.0 Å². The molecule has 1 N–H and O–H groups in total. The van der Waals surface area contributed by atoms with Gasteiger partial charge in [0, 0.05) is 4.47 Å². The summed E-state index contributed by atoms with van der Waals surface area (Å²) in [5, 5.41) is 0. The molecular weight excluding hydrogens is 411 g/mol. The van der Waals surface area contributed by atoms with Crippen molar-refractivity contribution in [3.63, 3.8) is 0 Å². The minimum atomic E-state index is -4.82. The fraction of sp³-hybridized carbons (Fsp3) is 0.200. The zero-order chi connectivity index (χ0) is 17.9. The van der Waals surface area contributed by atoms with Gasteiger partial charge in [-0.05, 0) is 42.8 Å². The topological polar surface area (TPSA) is 55.4 Å². The molecule has 130 valence electrons. The van der Waals surface area contributed by atoms with Gasteiger partial charge in [0.15, 0.2) is 0 Å². The van der Waals surface area contributed by atoms with Gasteiger partial charge in [-0.25, -0.2) is 12.8 Å². The molecule has 0 fully saturated rings. The molecule has 2 aromatic carbocycles. The van der Waals surface area contributed by atoms with Gasteiger partial charge in [-0.1, -0.05) is 28.1 Å². The molecule has 0 aliphatic carbocycles. The van der Waals surface area contributed by atoms with Crippen LogP contribution in [0.25, 0.3) is 0 Å². The quantitative estimate of drug-likeness (QED) is 0.732. The van der Waals surface area contributed by atoms with Crippen molar-refractivity contribution in [1.82, 2.24) is 0 Å². The highest BCUT2D eigenvalue weighted by Gasteiger charge is 2.25. The van der Waals surface area contributed by atoms with Gasteiger partial charge < -0.3 is 4.74 Å². The van der Waals surface area contributed by atoms with Crippen LogP contribution in [0.4, 0.5) is 18.9 Å². The van der Waals surface area contributed by atoms with Crippen LogP contribution in [-0.4, -0.2) is 14.2 Å². The average molecular weight is 424 g/mol. The molecule has 4 nitrogen and oxygen atoms in total. The normalized spacial score (nSPS) is 12.9. The van der Waals surface area contributed by atoms with Crippen molar-refractivity contribution < 1.29 is 26.3 Å². The van der Waals surface area contributed by atoms with Gasteiger partial charge in [0.2, 0.25) is 0 Å². The molecule has 0 saturated carbocycles. The van der Waals surface area contributed by atoms with Crippen molar-refractivity contribution in [3.8, 4) is 5.75 Å². The van der Waals surface area contributed by atoms with Gasteiger partial charge >= 0.3 is 5.76 Å². The van der Waals surface area contributed by atoms with Crippen molar-refractivity contribution in [3.05, 3.63) is 58.3 Å². The van der Waals surface area contributed by atoms with Gasteiger partial charge in [0.25, 0.3) is 10.0 Å². The second kappa shape index (κ2) is 7.43. The first-order chi connectivity index (χ1) is 11.2. The molecule has 0 radical (unpaired) electrons. The molecule has 0 saturated heterocycles. The lowest BCUT2D eigenvalue weighted by atomic mass is 10.1. The van der Waals surface area contributed by atoms with Crippen molar-refractivity contribution in [2.45, 2.75) is 18.8 Å². The highest BCUT2D eigenvalue weighted by Crippen LogP contribution is 2.33. The van der Waals surface area contributed by atoms with E-state index < -0.39 is 27.7 Å². The summed E-state index contributed by atoms with van der Waals surface area (Å²) in [4.78, 5) is 0. The molecule has 0 spiro atoms. The fourth-order valence-corrected chi connectivity index (χ4v) is 2.77. The number of nitrogens with one attached hydrogen (secondary N) is 1. The molecule has 1 atom stereocenters. The Labute approximate surface area is 145 Å². The highest BCUT2D eigenvalue weighted by molar-refractivity contribution is 9.10. The second-order valence-electron chi connectivity index (χ2n) is 4.86. The predicted molar refractivity (Wildman–Crippen MR) is 88.1 cm³/mol. The molecule has 0 aliphatic rings. The van der Waals surface area contributed by atoms with Crippen molar-refractivity contribution in [2.24, 2.45) is 0 Å². The van der Waals surface area contributed by atoms with Gasteiger partial charge in [-0.3, -0.25) is 4.72 Å². The summed E-state index contributed by atoms with van der Waals surface area (Å²) in [6, 6.07) is 9.79. The first-order valence-electron chi connectivity index (χ1n) is 6.70. The first-order valence-corrected chi connectivity index (χ1v) is 9.04. The smallest absolute Gasteiger partial charge is 0.355 e. The fourth-order valence-electron chi connectivity index (χ4n) is 1.87. The Morgan fingerprint density at radius 3 is 2.33 bits per heavy atom. The summed E-state index contributed by atoms with van der Waals surface area (Å²) in [5.41, 5.74) is 0.520. The molecule has 2 aromatic rings. The summed E-state index contributed by atoms with van der Waals surface area (Å²) in [7, 11) is -4.82. The molecule has 0 unspecified atom stereocenters. The standard InChI is InChI=1S/C15H13BrF3NO3S/c1-9(10-2-5-12(17)6-3-10)23-14-8-11(16)4-7-13(14)20-24(21,22)15(18)19/h2-9,15,20H,1H3/t9-/m0/s1. The number of ether oxygens (including phenoxy) is 1. The highest BCUT2D eigenvalue weighted by atomic mass is 79.9. The molecule has 0 heterocycles. The van der Waals surface area contributed by atoms with E-state index in [0.717, 1.165) is 0 Å². The molecule has 0 aliphatic heterocycles. The SMILES string of the molecule is C[C@H](Oc1cc(Br)ccc1NS(=O)(=O)C(F)F)c1ccc(F)cc1. The van der Waals surface area contributed by atoms with Crippen LogP contribution >= 0.6 is 15.9 Å². The molecule has 24 heavy (non-hydrogen) atoms. The van der Waals surface area contributed by atoms with Crippen LogP contribution in [-0.2, 0) is 10.0 Å². The second-order valence-corrected chi connectivity index (χ2v) is 7.43. The van der Waals surface area contributed by atoms with E-state index in [1.165, 1.54) is 42.5 Å². The molecular formula is C15H13BrF3NO3S. The van der Waals surface area contributed by atoms with E-state index in [2.05, 4.69) is 15.9 Å². The summed E-state index contributed by atoms with van der Waals surface area (Å²) in [5.74, 6) is -3.91. The zero-order valence-electron chi connectivity index (χ0n) is 12.3. The lowest BCUT2D eigenvalue weighted by Gasteiger charge is -2.19. The maximum Gasteiger partial charge on any atom is 0.355 e. The largest absolute Gasteiger partial charge is 0.484 e. The third kappa shape index (κ3) is 4.64. The van der Waals surface area contributed by atoms with Crippen LogP contribution < -0.4 is 9.46 Å². The Bertz CT molecular complexity index is 813. The minimum absolute atomic E-state index is 0.0606. The van der Waals surface area contributed by atoms with Crippen molar-refractivity contribution in [2.75, 3.05) is 4.72 Å². The van der Waals surface area contributed by atoms with Crippen LogP contribution in [0, 0.1) is 5.82 Å². The molecule has 0 aromatic heterocycles. The van der Waals surface area contributed by atoms with E-state index in [4.69, 9.17) is 4.74 Å². The number of alkyl halides is 2. The Hall–Kier alpha value is -1.74. The van der Waals surface area contributed by atoms with Gasteiger partial charge in [-0.2, -0.15) is 8.78 Å². The maximum atomic E-state index is 13.0. The minimum Gasteiger partial charge on any atom is -0.484 e. The molecule has 9 heteroatoms. The summed E-state index contributed by atoms with van der Waals surface area (Å²) in [6.07, 6.45) is -0.560. The van der Waals surface area contributed by atoms with Crippen molar-refractivity contribution in [1.29, 1.82) is 0 Å². The number of anilines is 1. The van der Waals surface area contributed by atoms with Crippen molar-refractivity contribution >= 4 is 31.6 Å². The van der Waals surface area contributed by atoms with E-state index in [9.17, 15) is 21.6 Å². The third-order valence-electron chi connectivity index (χ3n) is 3.07. The van der Waals surface area contributed by atoms with Crippen LogP contribution in [0.1, 0.15) is 18.6 Å². The summed E-state index contributed by atoms with van der Waals surface area (Å²) < 4.78 is 68.8. The Morgan fingerprint density at radius 1 is 1.12 bits per heavy atom. The third-order valence-corrected chi connectivity index (χ3v) is 4.54. The van der Waals surface area contributed by atoms with Crippen LogP contribution in [0.5, 0.6) is 5.75 Å². The Kier molecular flexibility index (Phi) is 5.76. The monoisotopic (exact) mass is 423 g/mol. The molecule has 2 rings (SSSR count). The summed E-state index contributed by atoms with van der Waals surface area (Å²) in [6.45, 7) is 1.67. The molecule has 0 bridgehead atoms. The van der Waals surface area contributed by atoms with Gasteiger partial charge in [-0.15, -0.1) is 0 Å². The predicted octanol–water partition coefficient (Wildman–Crippen LogP) is 4.69. The van der Waals surface area contributed by atoms with Gasteiger partial charge in [0.05, 0.1) is 5.69 Å². The van der Waals surface area contributed by atoms with E-state index in [1.807, 2.05) is 0 Å². The van der Waals surface area contributed by atoms with Crippen LogP contribution in [0.3, 0.4) is 0 Å². The van der Waals surface area contributed by atoms with Crippen LogP contribution in [0.15, 0.2) is 46.9 Å². The number of halogens is 4. The van der Waals surface area contributed by atoms with E-state index in [1.54, 1.807) is 11.6 Å². The first kappa shape index (κ1) is 18.6. The number of sulfonamides is 1. The van der Waals surface area contributed by atoms with E-state index in [-0.39, 0.29) is 11.4 Å². The number of hydrogen-bond acceptors (Lipinski definition) is 3. The lowest BCUT2D eigenvalue weighted by molar-refractivity contribution is 0.227. The van der Waals surface area contributed by atoms with Crippen LogP contribution in [0.2, 0.25) is 0 Å². The zero-order valence-corrected chi connectivity index (χ0v) is 14.7. The Morgan fingerprint density at radius 2 is 1.75 bits per heavy atom.